The first kappa shape index (κ1) is 18.7. The van der Waals surface area contributed by atoms with Crippen LogP contribution in [0.4, 0.5) is 0 Å². The molecule has 0 saturated heterocycles. The molecule has 0 rings (SSSR count). The van der Waals surface area contributed by atoms with Gasteiger partial charge in [-0.3, -0.25) is 4.99 Å². The Morgan fingerprint density at radius 3 is 2.47 bits per heavy atom. The van der Waals surface area contributed by atoms with Crippen molar-refractivity contribution in [2.45, 2.75) is 52.7 Å². The molecule has 0 fully saturated rings. The summed E-state index contributed by atoms with van der Waals surface area (Å²) in [6, 6.07) is 0.326. The minimum Gasteiger partial charge on any atom is -0.389 e. The van der Waals surface area contributed by atoms with Crippen LogP contribution in [0.1, 0.15) is 41.0 Å². The Kier molecular flexibility index (Phi) is 9.48. The van der Waals surface area contributed by atoms with E-state index in [1.807, 2.05) is 13.8 Å². The number of thioether (sulfide) groups is 1. The van der Waals surface area contributed by atoms with Gasteiger partial charge in [-0.25, -0.2) is 0 Å². The summed E-state index contributed by atoms with van der Waals surface area (Å²) in [4.78, 5) is 6.88. The molecule has 1 unspecified atom stereocenters. The van der Waals surface area contributed by atoms with Crippen LogP contribution in [0, 0.1) is 0 Å². The van der Waals surface area contributed by atoms with E-state index in [9.17, 15) is 5.11 Å². The van der Waals surface area contributed by atoms with Crippen molar-refractivity contribution < 1.29 is 5.11 Å². The number of aliphatic hydroxyl groups is 1. The smallest absolute Gasteiger partial charge is 0.158 e. The molecule has 0 radical (unpaired) electrons. The fourth-order valence-electron chi connectivity index (χ4n) is 1.78. The van der Waals surface area contributed by atoms with Crippen LogP contribution < -0.4 is 5.32 Å². The van der Waals surface area contributed by atoms with Crippen LogP contribution in [0.5, 0.6) is 0 Å². The molecule has 0 heterocycles. The van der Waals surface area contributed by atoms with Crippen LogP contribution in [0.2, 0.25) is 0 Å². The zero-order chi connectivity index (χ0) is 14.9. The van der Waals surface area contributed by atoms with E-state index >= 15 is 0 Å². The molecule has 0 spiro atoms. The average molecular weight is 289 g/mol. The SMILES string of the molecule is CCCN(CC(C)NCC(C)(C)O)/C(=N\CC)SC. The topological polar surface area (TPSA) is 47.9 Å². The highest BCUT2D eigenvalue weighted by Gasteiger charge is 2.17. The van der Waals surface area contributed by atoms with Gasteiger partial charge in [0.2, 0.25) is 0 Å². The summed E-state index contributed by atoms with van der Waals surface area (Å²) < 4.78 is 0. The first-order valence-corrected chi connectivity index (χ1v) is 8.35. The van der Waals surface area contributed by atoms with E-state index in [0.717, 1.165) is 31.2 Å². The highest BCUT2D eigenvalue weighted by atomic mass is 32.2. The first-order chi connectivity index (χ1) is 8.84. The number of nitrogens with zero attached hydrogens (tertiary/aromatic N) is 2. The van der Waals surface area contributed by atoms with Crippen LogP contribution >= 0.6 is 11.8 Å². The van der Waals surface area contributed by atoms with Crippen molar-refractivity contribution in [3.63, 3.8) is 0 Å². The number of aliphatic imine (C=N–C) groups is 1. The molecule has 2 N–H and O–H groups in total. The normalized spacial score (nSPS) is 14.6. The molecule has 4 nitrogen and oxygen atoms in total. The lowest BCUT2D eigenvalue weighted by Gasteiger charge is -2.29. The molecule has 0 aromatic rings. The maximum absolute atomic E-state index is 9.74. The van der Waals surface area contributed by atoms with Crippen LogP contribution in [0.25, 0.3) is 0 Å². The van der Waals surface area contributed by atoms with Gasteiger partial charge >= 0.3 is 0 Å². The summed E-state index contributed by atoms with van der Waals surface area (Å²) in [5.74, 6) is 0. The zero-order valence-electron chi connectivity index (χ0n) is 13.4. The largest absolute Gasteiger partial charge is 0.389 e. The van der Waals surface area contributed by atoms with Gasteiger partial charge in [-0.15, -0.1) is 0 Å². The summed E-state index contributed by atoms with van der Waals surface area (Å²) in [5.41, 5.74) is -0.663. The number of amidine groups is 1. The Hall–Kier alpha value is -0.260. The maximum atomic E-state index is 9.74. The quantitative estimate of drug-likeness (QED) is 0.531. The molecular weight excluding hydrogens is 258 g/mol. The molecule has 0 aromatic heterocycles. The monoisotopic (exact) mass is 289 g/mol. The summed E-state index contributed by atoms with van der Waals surface area (Å²) >= 11 is 1.71. The first-order valence-electron chi connectivity index (χ1n) is 7.13. The van der Waals surface area contributed by atoms with Gasteiger partial charge in [0.15, 0.2) is 5.17 Å². The van der Waals surface area contributed by atoms with Gasteiger partial charge in [-0.1, -0.05) is 18.7 Å². The van der Waals surface area contributed by atoms with E-state index in [-0.39, 0.29) is 0 Å². The van der Waals surface area contributed by atoms with E-state index in [1.165, 1.54) is 0 Å². The predicted octanol–water partition coefficient (Wildman–Crippen LogP) is 2.19. The maximum Gasteiger partial charge on any atom is 0.158 e. The van der Waals surface area contributed by atoms with Crippen molar-refractivity contribution in [2.75, 3.05) is 32.4 Å². The second-order valence-electron chi connectivity index (χ2n) is 5.50. The summed E-state index contributed by atoms with van der Waals surface area (Å²) in [6.45, 7) is 13.4. The number of rotatable bonds is 8. The van der Waals surface area contributed by atoms with Crippen molar-refractivity contribution in [2.24, 2.45) is 4.99 Å². The minimum absolute atomic E-state index is 0.326. The van der Waals surface area contributed by atoms with Crippen molar-refractivity contribution >= 4 is 16.9 Å². The lowest BCUT2D eigenvalue weighted by atomic mass is 10.1. The Morgan fingerprint density at radius 2 is 2.05 bits per heavy atom. The third-order valence-electron chi connectivity index (χ3n) is 2.62. The van der Waals surface area contributed by atoms with Gasteiger partial charge in [0, 0.05) is 32.2 Å². The standard InChI is InChI=1S/C14H31N3OS/c1-7-9-17(13(19-6)15-8-2)10-12(3)16-11-14(4,5)18/h12,16,18H,7-11H2,1-6H3/b15-13+. The molecule has 0 aliphatic rings. The van der Waals surface area contributed by atoms with E-state index < -0.39 is 5.60 Å². The van der Waals surface area contributed by atoms with Gasteiger partial charge in [0.25, 0.3) is 0 Å². The predicted molar refractivity (Wildman–Crippen MR) is 87.1 cm³/mol. The number of hydrogen-bond donors (Lipinski definition) is 2. The molecular formula is C14H31N3OS. The Labute approximate surface area is 123 Å². The minimum atomic E-state index is -0.663. The van der Waals surface area contributed by atoms with Gasteiger partial charge in [0.05, 0.1) is 5.60 Å². The van der Waals surface area contributed by atoms with Crippen LogP contribution in [-0.2, 0) is 0 Å². The van der Waals surface area contributed by atoms with Crippen LogP contribution in [0.15, 0.2) is 4.99 Å². The molecule has 0 bridgehead atoms. The highest BCUT2D eigenvalue weighted by molar-refractivity contribution is 8.13. The fourth-order valence-corrected chi connectivity index (χ4v) is 2.47. The molecule has 0 aliphatic carbocycles. The number of hydrogen-bond acceptors (Lipinski definition) is 4. The second kappa shape index (κ2) is 9.61. The van der Waals surface area contributed by atoms with Crippen molar-refractivity contribution in [1.29, 1.82) is 0 Å². The van der Waals surface area contributed by atoms with Gasteiger partial charge < -0.3 is 15.3 Å². The Morgan fingerprint density at radius 1 is 1.42 bits per heavy atom. The van der Waals surface area contributed by atoms with Crippen molar-refractivity contribution in [3.8, 4) is 0 Å². The molecule has 114 valence electrons. The molecule has 1 atom stereocenters. The molecule has 5 heteroatoms. The van der Waals surface area contributed by atoms with Crippen LogP contribution in [-0.4, -0.2) is 59.3 Å². The van der Waals surface area contributed by atoms with Crippen molar-refractivity contribution in [3.05, 3.63) is 0 Å². The van der Waals surface area contributed by atoms with E-state index in [2.05, 4.69) is 42.2 Å². The zero-order valence-corrected chi connectivity index (χ0v) is 14.2. The number of nitrogens with one attached hydrogen (secondary N) is 1. The van der Waals surface area contributed by atoms with Gasteiger partial charge in [0.1, 0.15) is 0 Å². The fraction of sp³-hybridized carbons (Fsp3) is 0.929. The summed E-state index contributed by atoms with van der Waals surface area (Å²) in [6.07, 6.45) is 3.19. The summed E-state index contributed by atoms with van der Waals surface area (Å²) in [7, 11) is 0. The lowest BCUT2D eigenvalue weighted by molar-refractivity contribution is 0.0761. The van der Waals surface area contributed by atoms with Crippen molar-refractivity contribution in [1.82, 2.24) is 10.2 Å². The third kappa shape index (κ3) is 9.30. The summed E-state index contributed by atoms with van der Waals surface area (Å²) in [5, 5.41) is 14.2. The molecule has 0 amide bonds. The van der Waals surface area contributed by atoms with Crippen LogP contribution in [0.3, 0.4) is 0 Å². The second-order valence-corrected chi connectivity index (χ2v) is 6.27. The van der Waals surface area contributed by atoms with E-state index in [0.29, 0.717) is 12.6 Å². The molecule has 0 saturated carbocycles. The lowest BCUT2D eigenvalue weighted by Crippen LogP contribution is -2.46. The Balaban J connectivity index is 4.44. The molecule has 0 aliphatic heterocycles. The van der Waals surface area contributed by atoms with Gasteiger partial charge in [-0.05, 0) is 40.4 Å². The average Bonchev–Trinajstić information content (AvgIpc) is 2.32. The highest BCUT2D eigenvalue weighted by Crippen LogP contribution is 2.08. The molecule has 0 aromatic carbocycles. The molecule has 19 heavy (non-hydrogen) atoms. The van der Waals surface area contributed by atoms with E-state index in [1.54, 1.807) is 11.8 Å². The Bertz CT molecular complexity index is 264. The third-order valence-corrected chi connectivity index (χ3v) is 3.37. The van der Waals surface area contributed by atoms with E-state index in [4.69, 9.17) is 0 Å². The van der Waals surface area contributed by atoms with Gasteiger partial charge in [-0.2, -0.15) is 0 Å².